The summed E-state index contributed by atoms with van der Waals surface area (Å²) in [6.45, 7) is 3.77. The molecule has 1 amide bonds. The smallest absolute Gasteiger partial charge is 0.220 e. The number of thioether (sulfide) groups is 1. The van der Waals surface area contributed by atoms with Crippen LogP contribution in [0.5, 0.6) is 0 Å². The Kier molecular flexibility index (Phi) is 4.84. The Morgan fingerprint density at radius 1 is 0.926 bits per heavy atom. The largest absolute Gasteiger partial charge is 0.310 e. The fraction of sp³-hybridized carbons (Fsp3) is 0.136. The Balaban J connectivity index is 2.15. The van der Waals surface area contributed by atoms with E-state index in [0.717, 1.165) is 4.90 Å². The van der Waals surface area contributed by atoms with Crippen LogP contribution in [-0.4, -0.2) is 10.5 Å². The molecule has 5 heteroatoms. The van der Waals surface area contributed by atoms with Gasteiger partial charge < -0.3 is 5.32 Å². The van der Waals surface area contributed by atoms with E-state index in [1.165, 1.54) is 20.8 Å². The van der Waals surface area contributed by atoms with Gasteiger partial charge in [-0.25, -0.2) is 0 Å². The molecule has 0 aliphatic carbocycles. The lowest BCUT2D eigenvalue weighted by atomic mass is 10.3. The van der Waals surface area contributed by atoms with Crippen molar-refractivity contribution < 1.29 is 4.79 Å². The number of nitrogens with one attached hydrogen (secondary N) is 1. The van der Waals surface area contributed by atoms with Gasteiger partial charge in [0.25, 0.3) is 0 Å². The van der Waals surface area contributed by atoms with Crippen molar-refractivity contribution in [2.24, 2.45) is 0 Å². The van der Waals surface area contributed by atoms with Crippen molar-refractivity contribution >= 4 is 53.5 Å². The first-order chi connectivity index (χ1) is 13.0. The van der Waals surface area contributed by atoms with Gasteiger partial charge in [0.15, 0.2) is 7.26 Å². The summed E-state index contributed by atoms with van der Waals surface area (Å²) >= 11 is 6.60. The predicted molar refractivity (Wildman–Crippen MR) is 120 cm³/mol. The number of carbonyl (C=O) groups excluding carboxylic acids is 1. The number of hydrogen-bond acceptors (Lipinski definition) is 3. The van der Waals surface area contributed by atoms with Gasteiger partial charge in [-0.05, 0) is 36.4 Å². The Morgan fingerprint density at radius 3 is 2.19 bits per heavy atom. The third-order valence-electron chi connectivity index (χ3n) is 4.97. The van der Waals surface area contributed by atoms with Crippen LogP contribution < -0.4 is 21.2 Å². The molecule has 1 unspecified atom stereocenters. The summed E-state index contributed by atoms with van der Waals surface area (Å²) in [5.41, 5.74) is 0. The van der Waals surface area contributed by atoms with Crippen molar-refractivity contribution in [2.45, 2.75) is 28.3 Å². The van der Waals surface area contributed by atoms with Crippen molar-refractivity contribution in [3.8, 4) is 0 Å². The molecule has 0 bridgehead atoms. The van der Waals surface area contributed by atoms with Gasteiger partial charge >= 0.3 is 0 Å². The molecule has 27 heavy (non-hydrogen) atoms. The summed E-state index contributed by atoms with van der Waals surface area (Å²) < 4.78 is -0.483. The average Bonchev–Trinajstić information content (AvgIpc) is 2.90. The normalized spacial score (nSPS) is 23.7. The van der Waals surface area contributed by atoms with Crippen LogP contribution in [0, 0.1) is 0 Å². The van der Waals surface area contributed by atoms with E-state index in [0.29, 0.717) is 0 Å². The molecule has 136 valence electrons. The molecule has 1 aliphatic rings. The van der Waals surface area contributed by atoms with Crippen LogP contribution >= 0.6 is 31.7 Å². The zero-order valence-corrected chi connectivity index (χ0v) is 17.8. The molecule has 3 aromatic carbocycles. The van der Waals surface area contributed by atoms with Crippen molar-refractivity contribution in [1.82, 2.24) is 5.32 Å². The Bertz CT molecular complexity index is 1010. The third kappa shape index (κ3) is 2.82. The van der Waals surface area contributed by atoms with Crippen molar-refractivity contribution in [2.75, 3.05) is 0 Å². The molecule has 0 saturated carbocycles. The predicted octanol–water partition coefficient (Wildman–Crippen LogP) is 4.18. The summed E-state index contributed by atoms with van der Waals surface area (Å²) in [5, 5.41) is 7.08. The quantitative estimate of drug-likeness (QED) is 0.501. The lowest BCUT2D eigenvalue weighted by Gasteiger charge is -2.37. The summed E-state index contributed by atoms with van der Waals surface area (Å²) in [4.78, 5) is 14.5. The van der Waals surface area contributed by atoms with E-state index in [-0.39, 0.29) is 5.91 Å². The average molecular weight is 411 g/mol. The second-order valence-electron chi connectivity index (χ2n) is 6.73. The van der Waals surface area contributed by atoms with Crippen LogP contribution in [0.3, 0.4) is 0 Å². The Morgan fingerprint density at radius 2 is 1.52 bits per heavy atom. The summed E-state index contributed by atoms with van der Waals surface area (Å²) in [6.07, 6.45) is 0. The zero-order valence-electron chi connectivity index (χ0n) is 15.2. The van der Waals surface area contributed by atoms with Gasteiger partial charge in [0.1, 0.15) is 15.9 Å². The number of thiol groups is 1. The van der Waals surface area contributed by atoms with Gasteiger partial charge in [0, 0.05) is 18.7 Å². The van der Waals surface area contributed by atoms with Gasteiger partial charge in [0.05, 0.1) is 4.90 Å². The van der Waals surface area contributed by atoms with E-state index in [9.17, 15) is 4.79 Å². The van der Waals surface area contributed by atoms with Crippen LogP contribution in [0.1, 0.15) is 13.8 Å². The first-order valence-electron chi connectivity index (χ1n) is 8.80. The molecule has 2 nitrogen and oxygen atoms in total. The van der Waals surface area contributed by atoms with E-state index in [2.05, 4.69) is 72.9 Å². The number of carbonyl (C=O) groups is 1. The minimum Gasteiger partial charge on any atom is -0.310 e. The molecule has 1 N–H and O–H groups in total. The molecule has 0 fully saturated rings. The Hall–Kier alpha value is -1.74. The molecule has 1 aliphatic heterocycles. The number of rotatable bonds is 3. The molecular weight excluding hydrogens is 389 g/mol. The summed E-state index contributed by atoms with van der Waals surface area (Å²) in [7, 11) is -2.20. The van der Waals surface area contributed by atoms with Crippen LogP contribution in [-0.2, 0) is 4.79 Å². The van der Waals surface area contributed by atoms with Gasteiger partial charge in [-0.1, -0.05) is 54.2 Å². The van der Waals surface area contributed by atoms with E-state index in [1.54, 1.807) is 18.7 Å². The first-order valence-corrected chi connectivity index (χ1v) is 11.8. The van der Waals surface area contributed by atoms with E-state index in [4.69, 9.17) is 12.6 Å². The third-order valence-corrected chi connectivity index (χ3v) is 12.5. The maximum atomic E-state index is 12.3. The standard InChI is InChI=1S/C22H20NOPS2/c1-16(24)23-22(2)25(17-10-4-3-5-11-17,18-12-6-8-14-20(18)26)19-13-7-9-15-21(19)27-22/h3-15H,1-2H3,(H-,23,24,26)/p+1/t22-,25?/m1/s1. The SMILES string of the molecule is CC(=O)N[C@@]1(C)Sc2ccccc2[P+]1(c1ccccc1)c1ccccc1S. The molecule has 1 heterocycles. The highest BCUT2D eigenvalue weighted by Gasteiger charge is 2.67. The molecule has 4 rings (SSSR count). The molecule has 2 atom stereocenters. The summed E-state index contributed by atoms with van der Waals surface area (Å²) in [6, 6.07) is 27.4. The minimum atomic E-state index is -2.20. The van der Waals surface area contributed by atoms with Gasteiger partial charge in [-0.15, -0.1) is 12.6 Å². The minimum absolute atomic E-state index is 0.0187. The van der Waals surface area contributed by atoms with Gasteiger partial charge in [-0.3, -0.25) is 4.79 Å². The number of benzene rings is 3. The molecular formula is C22H21NOPS2+. The maximum absolute atomic E-state index is 12.3. The monoisotopic (exact) mass is 410 g/mol. The molecule has 0 aromatic heterocycles. The lowest BCUT2D eigenvalue weighted by Crippen LogP contribution is -2.50. The van der Waals surface area contributed by atoms with E-state index >= 15 is 0 Å². The van der Waals surface area contributed by atoms with Crippen molar-refractivity contribution in [3.63, 3.8) is 0 Å². The van der Waals surface area contributed by atoms with Gasteiger partial charge in [-0.2, -0.15) is 0 Å². The highest BCUT2D eigenvalue weighted by atomic mass is 32.2. The lowest BCUT2D eigenvalue weighted by molar-refractivity contribution is -0.119. The Labute approximate surface area is 170 Å². The number of hydrogen-bond donors (Lipinski definition) is 2. The molecule has 0 radical (unpaired) electrons. The van der Waals surface area contributed by atoms with Crippen LogP contribution in [0.25, 0.3) is 0 Å². The first kappa shape index (κ1) is 18.6. The van der Waals surface area contributed by atoms with Crippen molar-refractivity contribution in [3.05, 3.63) is 78.9 Å². The molecule has 0 saturated heterocycles. The van der Waals surface area contributed by atoms with Crippen LogP contribution in [0.15, 0.2) is 88.7 Å². The number of fused-ring (bicyclic) bond motifs is 1. The zero-order chi connectivity index (χ0) is 19.1. The maximum Gasteiger partial charge on any atom is 0.220 e. The second-order valence-corrected chi connectivity index (χ2v) is 12.7. The highest BCUT2D eigenvalue weighted by molar-refractivity contribution is 8.18. The van der Waals surface area contributed by atoms with Crippen LogP contribution in [0.4, 0.5) is 0 Å². The second kappa shape index (κ2) is 7.01. The fourth-order valence-electron chi connectivity index (χ4n) is 4.05. The number of amides is 1. The van der Waals surface area contributed by atoms with Crippen molar-refractivity contribution in [1.29, 1.82) is 0 Å². The fourth-order valence-corrected chi connectivity index (χ4v) is 12.5. The van der Waals surface area contributed by atoms with E-state index < -0.39 is 11.9 Å². The topological polar surface area (TPSA) is 29.1 Å². The molecule has 3 aromatic rings. The molecule has 0 spiro atoms. The van der Waals surface area contributed by atoms with E-state index in [1.807, 2.05) is 18.2 Å². The van der Waals surface area contributed by atoms with Crippen LogP contribution in [0.2, 0.25) is 0 Å². The summed E-state index contributed by atoms with van der Waals surface area (Å²) in [5.74, 6) is -0.0187. The van der Waals surface area contributed by atoms with Gasteiger partial charge in [0.2, 0.25) is 10.5 Å². The highest BCUT2D eigenvalue weighted by Crippen LogP contribution is 2.75.